The molecule has 0 bridgehead atoms. The van der Waals surface area contributed by atoms with Gasteiger partial charge in [0.15, 0.2) is 5.16 Å². The van der Waals surface area contributed by atoms with Gasteiger partial charge in [-0.25, -0.2) is 9.89 Å². The van der Waals surface area contributed by atoms with Crippen molar-refractivity contribution in [1.29, 1.82) is 0 Å². The van der Waals surface area contributed by atoms with Crippen LogP contribution in [0.1, 0.15) is 40.5 Å². The summed E-state index contributed by atoms with van der Waals surface area (Å²) in [5.74, 6) is 1.24. The molecule has 3 atom stereocenters. The highest BCUT2D eigenvalue weighted by atomic mass is 32.2. The van der Waals surface area contributed by atoms with Gasteiger partial charge in [-0.3, -0.25) is 9.36 Å². The smallest absolute Gasteiger partial charge is 0.341 e. The van der Waals surface area contributed by atoms with Crippen molar-refractivity contribution in [1.82, 2.24) is 19.7 Å². The Morgan fingerprint density at radius 1 is 1.41 bits per heavy atom. The summed E-state index contributed by atoms with van der Waals surface area (Å²) in [6.07, 6.45) is 2.04. The predicted octanol–water partition coefficient (Wildman–Crippen LogP) is 1.97. The van der Waals surface area contributed by atoms with Crippen LogP contribution in [0, 0.1) is 11.8 Å². The van der Waals surface area contributed by atoms with Crippen molar-refractivity contribution in [2.45, 2.75) is 57.5 Å². The Labute approximate surface area is 135 Å². The summed E-state index contributed by atoms with van der Waals surface area (Å²) >= 11 is 1.36. The Bertz CT molecular complexity index is 558. The molecule has 2 rings (SSSR count). The van der Waals surface area contributed by atoms with Crippen LogP contribution < -0.4 is 5.69 Å². The summed E-state index contributed by atoms with van der Waals surface area (Å²) in [4.78, 5) is 26.3. The number of carbonyl (C=O) groups is 1. The zero-order valence-electron chi connectivity index (χ0n) is 13.8. The topological polar surface area (TPSA) is 71.0 Å². The normalized spacial score (nSPS) is 23.5. The summed E-state index contributed by atoms with van der Waals surface area (Å²) in [5.41, 5.74) is -0.204. The van der Waals surface area contributed by atoms with E-state index >= 15 is 0 Å². The second-order valence-corrected chi connectivity index (χ2v) is 7.72. The fraction of sp³-hybridized carbons (Fsp3) is 0.800. The molecule has 0 radical (unpaired) electrons. The lowest BCUT2D eigenvalue weighted by molar-refractivity contribution is -0.132. The zero-order chi connectivity index (χ0) is 16.3. The van der Waals surface area contributed by atoms with Gasteiger partial charge < -0.3 is 4.90 Å². The number of carbonyl (C=O) groups excluding carboxylic acids is 1. The summed E-state index contributed by atoms with van der Waals surface area (Å²) in [5, 5.41) is 6.89. The minimum atomic E-state index is -0.233. The van der Waals surface area contributed by atoms with Crippen LogP contribution in [-0.2, 0) is 11.3 Å². The van der Waals surface area contributed by atoms with E-state index in [4.69, 9.17) is 0 Å². The molecule has 7 heteroatoms. The molecule has 6 nitrogen and oxygen atoms in total. The molecule has 0 saturated carbocycles. The first-order valence-electron chi connectivity index (χ1n) is 8.03. The molecule has 1 fully saturated rings. The number of hydrogen-bond acceptors (Lipinski definition) is 4. The van der Waals surface area contributed by atoms with Crippen LogP contribution in [0.4, 0.5) is 0 Å². The lowest BCUT2D eigenvalue weighted by Gasteiger charge is -2.36. The lowest BCUT2D eigenvalue weighted by atomic mass is 9.92. The summed E-state index contributed by atoms with van der Waals surface area (Å²) in [6.45, 7) is 10.6. The molecule has 0 unspecified atom stereocenters. The Morgan fingerprint density at radius 3 is 2.64 bits per heavy atom. The molecule has 22 heavy (non-hydrogen) atoms. The molecule has 0 aromatic carbocycles. The van der Waals surface area contributed by atoms with Gasteiger partial charge >= 0.3 is 5.69 Å². The molecule has 1 aromatic heterocycles. The maximum Gasteiger partial charge on any atom is 0.343 e. The quantitative estimate of drug-likeness (QED) is 0.840. The molecule has 1 saturated heterocycles. The number of rotatable bonds is 5. The number of hydrogen-bond donors (Lipinski definition) is 1. The largest absolute Gasteiger partial charge is 0.343 e. The van der Waals surface area contributed by atoms with Crippen molar-refractivity contribution in [3.63, 3.8) is 0 Å². The Kier molecular flexibility index (Phi) is 5.72. The maximum atomic E-state index is 12.6. The van der Waals surface area contributed by atoms with Crippen molar-refractivity contribution in [3.8, 4) is 0 Å². The van der Waals surface area contributed by atoms with Crippen LogP contribution in [0.25, 0.3) is 0 Å². The number of nitrogens with one attached hydrogen (secondary N) is 1. The number of aromatic nitrogens is 3. The standard InChI is InChI=1S/C15H26N4O2S/c1-5-6-19-14(21)16-17-15(19)22-12(4)13(20)18-8-10(2)7-11(3)9-18/h10-12H,5-9H2,1-4H3,(H,16,21)/t10-,11+,12-/m1/s1. The van der Waals surface area contributed by atoms with Gasteiger partial charge in [0, 0.05) is 19.6 Å². The van der Waals surface area contributed by atoms with Crippen LogP contribution in [0.5, 0.6) is 0 Å². The van der Waals surface area contributed by atoms with Gasteiger partial charge in [-0.1, -0.05) is 32.5 Å². The molecular weight excluding hydrogens is 300 g/mol. The van der Waals surface area contributed by atoms with E-state index in [1.165, 1.54) is 18.2 Å². The fourth-order valence-electron chi connectivity index (χ4n) is 3.12. The third kappa shape index (κ3) is 3.94. The van der Waals surface area contributed by atoms with Crippen molar-refractivity contribution in [2.24, 2.45) is 11.8 Å². The van der Waals surface area contributed by atoms with Crippen LogP contribution >= 0.6 is 11.8 Å². The Morgan fingerprint density at radius 2 is 2.05 bits per heavy atom. The number of aromatic amines is 1. The van der Waals surface area contributed by atoms with E-state index < -0.39 is 0 Å². The lowest BCUT2D eigenvalue weighted by Crippen LogP contribution is -2.45. The number of amides is 1. The van der Waals surface area contributed by atoms with Crippen molar-refractivity contribution < 1.29 is 4.79 Å². The van der Waals surface area contributed by atoms with E-state index in [0.29, 0.717) is 23.5 Å². The molecule has 124 valence electrons. The number of H-pyrrole nitrogens is 1. The fourth-order valence-corrected chi connectivity index (χ4v) is 4.09. The molecule has 1 aliphatic rings. The van der Waals surface area contributed by atoms with E-state index in [2.05, 4.69) is 24.0 Å². The van der Waals surface area contributed by atoms with Crippen LogP contribution in [0.15, 0.2) is 9.95 Å². The number of thioether (sulfide) groups is 1. The van der Waals surface area contributed by atoms with Gasteiger partial charge in [0.05, 0.1) is 5.25 Å². The van der Waals surface area contributed by atoms with Gasteiger partial charge in [-0.05, 0) is 31.6 Å². The average molecular weight is 326 g/mol. The molecule has 1 aromatic rings. The molecule has 1 N–H and O–H groups in total. The highest BCUT2D eigenvalue weighted by molar-refractivity contribution is 8.00. The van der Waals surface area contributed by atoms with Gasteiger partial charge in [0.1, 0.15) is 0 Å². The number of likely N-dealkylation sites (tertiary alicyclic amines) is 1. The molecule has 0 aliphatic carbocycles. The third-order valence-electron chi connectivity index (χ3n) is 3.98. The van der Waals surface area contributed by atoms with Crippen molar-refractivity contribution in [2.75, 3.05) is 13.1 Å². The van der Waals surface area contributed by atoms with Gasteiger partial charge in [-0.2, -0.15) is 0 Å². The first-order chi connectivity index (χ1) is 10.4. The highest BCUT2D eigenvalue weighted by Crippen LogP contribution is 2.26. The molecular formula is C15H26N4O2S. The van der Waals surface area contributed by atoms with E-state index in [9.17, 15) is 9.59 Å². The van der Waals surface area contributed by atoms with Gasteiger partial charge in [0.25, 0.3) is 0 Å². The SMILES string of the molecule is CCCn1c(S[C@H](C)C(=O)N2C[C@H](C)C[C@H](C)C2)n[nH]c1=O. The zero-order valence-corrected chi connectivity index (χ0v) is 14.7. The molecule has 2 heterocycles. The Balaban J connectivity index is 2.04. The number of piperidine rings is 1. The van der Waals surface area contributed by atoms with Gasteiger partial charge in [-0.15, -0.1) is 5.10 Å². The summed E-state index contributed by atoms with van der Waals surface area (Å²) in [6, 6.07) is 0. The van der Waals surface area contributed by atoms with Crippen LogP contribution in [0.3, 0.4) is 0 Å². The number of nitrogens with zero attached hydrogens (tertiary/aromatic N) is 3. The predicted molar refractivity (Wildman–Crippen MR) is 88.0 cm³/mol. The van der Waals surface area contributed by atoms with Crippen molar-refractivity contribution >= 4 is 17.7 Å². The molecule has 0 spiro atoms. The average Bonchev–Trinajstić information content (AvgIpc) is 2.79. The Hall–Kier alpha value is -1.24. The van der Waals surface area contributed by atoms with E-state index in [1.807, 2.05) is 18.7 Å². The maximum absolute atomic E-state index is 12.6. The minimum Gasteiger partial charge on any atom is -0.341 e. The first kappa shape index (κ1) is 17.1. The van der Waals surface area contributed by atoms with Crippen LogP contribution in [-0.4, -0.2) is 43.9 Å². The molecule has 1 aliphatic heterocycles. The van der Waals surface area contributed by atoms with E-state index in [1.54, 1.807) is 4.57 Å². The third-order valence-corrected chi connectivity index (χ3v) is 5.06. The minimum absolute atomic E-state index is 0.141. The highest BCUT2D eigenvalue weighted by Gasteiger charge is 2.29. The summed E-state index contributed by atoms with van der Waals surface area (Å²) < 4.78 is 1.61. The second kappa shape index (κ2) is 7.35. The van der Waals surface area contributed by atoms with Crippen LogP contribution in [0.2, 0.25) is 0 Å². The second-order valence-electron chi connectivity index (χ2n) is 6.41. The van der Waals surface area contributed by atoms with E-state index in [-0.39, 0.29) is 16.8 Å². The molecule has 1 amide bonds. The van der Waals surface area contributed by atoms with Gasteiger partial charge in [0.2, 0.25) is 5.91 Å². The van der Waals surface area contributed by atoms with Crippen molar-refractivity contribution in [3.05, 3.63) is 10.5 Å². The summed E-state index contributed by atoms with van der Waals surface area (Å²) in [7, 11) is 0. The van der Waals surface area contributed by atoms with E-state index in [0.717, 1.165) is 19.5 Å². The monoisotopic (exact) mass is 326 g/mol. The first-order valence-corrected chi connectivity index (χ1v) is 8.91.